The summed E-state index contributed by atoms with van der Waals surface area (Å²) in [5.41, 5.74) is 3.04. The molecule has 1 atom stereocenters. The number of rotatable bonds is 8. The summed E-state index contributed by atoms with van der Waals surface area (Å²) >= 11 is 0. The van der Waals surface area contributed by atoms with Crippen molar-refractivity contribution in [3.63, 3.8) is 0 Å². The standard InChI is InChI=1S/C22H24N4O3S/c1-3-26-15-18(12-24-26)30(27,28)25-14-20(16-8-10-17(29-2)11-9-16)21-13-23-22-7-5-4-6-19(21)22/h4-13,15,20,23,25H,3,14H2,1-2H3. The number of fused-ring (bicyclic) bond motifs is 1. The summed E-state index contributed by atoms with van der Waals surface area (Å²) in [6.07, 6.45) is 4.86. The predicted octanol–water partition coefficient (Wildman–Crippen LogP) is 3.50. The second kappa shape index (κ2) is 8.33. The van der Waals surface area contributed by atoms with Gasteiger partial charge in [-0.15, -0.1) is 0 Å². The monoisotopic (exact) mass is 424 g/mol. The van der Waals surface area contributed by atoms with Gasteiger partial charge in [0.1, 0.15) is 10.6 Å². The van der Waals surface area contributed by atoms with E-state index in [4.69, 9.17) is 4.74 Å². The van der Waals surface area contributed by atoms with Crippen molar-refractivity contribution in [3.05, 3.63) is 78.2 Å². The Morgan fingerprint density at radius 1 is 1.17 bits per heavy atom. The highest BCUT2D eigenvalue weighted by molar-refractivity contribution is 7.89. The molecule has 2 aromatic carbocycles. The number of methoxy groups -OCH3 is 1. The number of sulfonamides is 1. The van der Waals surface area contributed by atoms with Gasteiger partial charge in [0, 0.05) is 42.3 Å². The first kappa shape index (κ1) is 20.2. The lowest BCUT2D eigenvalue weighted by atomic mass is 9.91. The van der Waals surface area contributed by atoms with Gasteiger partial charge in [0.25, 0.3) is 0 Å². The summed E-state index contributed by atoms with van der Waals surface area (Å²) in [5, 5.41) is 5.14. The SMILES string of the molecule is CCn1cc(S(=O)(=O)NCC(c2ccc(OC)cc2)c2c[nH]c3ccccc23)cn1. The average Bonchev–Trinajstić information content (AvgIpc) is 3.42. The third-order valence-corrected chi connectivity index (χ3v) is 6.61. The Hall–Kier alpha value is -3.10. The molecule has 2 N–H and O–H groups in total. The van der Waals surface area contributed by atoms with E-state index in [2.05, 4.69) is 14.8 Å². The fourth-order valence-corrected chi connectivity index (χ4v) is 4.56. The van der Waals surface area contributed by atoms with E-state index >= 15 is 0 Å². The van der Waals surface area contributed by atoms with Gasteiger partial charge in [-0.3, -0.25) is 4.68 Å². The van der Waals surface area contributed by atoms with Crippen LogP contribution in [0.25, 0.3) is 10.9 Å². The summed E-state index contributed by atoms with van der Waals surface area (Å²) in [6, 6.07) is 15.7. The summed E-state index contributed by atoms with van der Waals surface area (Å²) < 4.78 is 35.3. The van der Waals surface area contributed by atoms with Crippen LogP contribution in [0.4, 0.5) is 0 Å². The number of nitrogens with zero attached hydrogens (tertiary/aromatic N) is 2. The van der Waals surface area contributed by atoms with Crippen LogP contribution in [0.1, 0.15) is 24.0 Å². The third-order valence-electron chi connectivity index (χ3n) is 5.24. The highest BCUT2D eigenvalue weighted by atomic mass is 32.2. The maximum Gasteiger partial charge on any atom is 0.243 e. The Labute approximate surface area is 175 Å². The van der Waals surface area contributed by atoms with Crippen LogP contribution in [0.2, 0.25) is 0 Å². The maximum absolute atomic E-state index is 12.8. The normalized spacial score (nSPS) is 12.9. The molecule has 7 nitrogen and oxygen atoms in total. The van der Waals surface area contributed by atoms with Crippen molar-refractivity contribution in [3.8, 4) is 5.75 Å². The van der Waals surface area contributed by atoms with Crippen molar-refractivity contribution >= 4 is 20.9 Å². The highest BCUT2D eigenvalue weighted by Gasteiger charge is 2.23. The average molecular weight is 425 g/mol. The molecule has 0 aliphatic carbocycles. The van der Waals surface area contributed by atoms with E-state index in [-0.39, 0.29) is 17.4 Å². The fourth-order valence-electron chi connectivity index (χ4n) is 3.56. The lowest BCUT2D eigenvalue weighted by Crippen LogP contribution is -2.28. The number of para-hydroxylation sites is 1. The molecule has 0 amide bonds. The molecule has 0 spiro atoms. The van der Waals surface area contributed by atoms with Crippen molar-refractivity contribution in [2.24, 2.45) is 0 Å². The quantitative estimate of drug-likeness (QED) is 0.453. The number of hydrogen-bond donors (Lipinski definition) is 2. The van der Waals surface area contributed by atoms with Crippen molar-refractivity contribution in [1.29, 1.82) is 0 Å². The molecule has 30 heavy (non-hydrogen) atoms. The van der Waals surface area contributed by atoms with Crippen LogP contribution in [0.15, 0.2) is 72.0 Å². The van der Waals surface area contributed by atoms with Crippen LogP contribution in [0, 0.1) is 0 Å². The van der Waals surface area contributed by atoms with Crippen LogP contribution in [0.5, 0.6) is 5.75 Å². The number of aromatic nitrogens is 3. The molecule has 0 saturated carbocycles. The summed E-state index contributed by atoms with van der Waals surface area (Å²) in [5.74, 6) is 0.576. The molecule has 156 valence electrons. The van der Waals surface area contributed by atoms with Crippen LogP contribution in [0.3, 0.4) is 0 Å². The summed E-state index contributed by atoms with van der Waals surface area (Å²) in [7, 11) is -2.06. The van der Waals surface area contributed by atoms with E-state index in [0.717, 1.165) is 27.8 Å². The second-order valence-corrected chi connectivity index (χ2v) is 8.77. The molecule has 0 saturated heterocycles. The number of nitrogens with one attached hydrogen (secondary N) is 2. The largest absolute Gasteiger partial charge is 0.497 e. The van der Waals surface area contributed by atoms with E-state index < -0.39 is 10.0 Å². The Kier molecular flexibility index (Phi) is 5.61. The Morgan fingerprint density at radius 3 is 2.63 bits per heavy atom. The first-order valence-electron chi connectivity index (χ1n) is 9.74. The van der Waals surface area contributed by atoms with Crippen LogP contribution in [-0.4, -0.2) is 36.8 Å². The lowest BCUT2D eigenvalue weighted by molar-refractivity contribution is 0.414. The lowest BCUT2D eigenvalue weighted by Gasteiger charge is -2.18. The van der Waals surface area contributed by atoms with Gasteiger partial charge < -0.3 is 9.72 Å². The van der Waals surface area contributed by atoms with Gasteiger partial charge in [0.15, 0.2) is 0 Å². The van der Waals surface area contributed by atoms with Gasteiger partial charge in [0.2, 0.25) is 10.0 Å². The predicted molar refractivity (Wildman–Crippen MR) is 116 cm³/mol. The second-order valence-electron chi connectivity index (χ2n) is 7.00. The Balaban J connectivity index is 1.68. The number of aromatic amines is 1. The van der Waals surface area contributed by atoms with Crippen molar-refractivity contribution in [2.75, 3.05) is 13.7 Å². The topological polar surface area (TPSA) is 89.0 Å². The molecule has 0 aliphatic rings. The molecule has 0 fully saturated rings. The minimum absolute atomic E-state index is 0.164. The van der Waals surface area contributed by atoms with E-state index in [1.165, 1.54) is 12.4 Å². The van der Waals surface area contributed by atoms with Gasteiger partial charge in [-0.05, 0) is 36.2 Å². The number of H-pyrrole nitrogens is 1. The molecule has 1 unspecified atom stereocenters. The summed E-state index contributed by atoms with van der Waals surface area (Å²) in [6.45, 7) is 2.74. The zero-order chi connectivity index (χ0) is 21.1. The smallest absolute Gasteiger partial charge is 0.243 e. The van der Waals surface area contributed by atoms with E-state index in [9.17, 15) is 8.42 Å². The minimum Gasteiger partial charge on any atom is -0.497 e. The molecule has 0 radical (unpaired) electrons. The molecule has 2 aromatic heterocycles. The zero-order valence-corrected chi connectivity index (χ0v) is 17.7. The first-order chi connectivity index (χ1) is 14.5. The fraction of sp³-hybridized carbons (Fsp3) is 0.227. The van der Waals surface area contributed by atoms with Crippen LogP contribution < -0.4 is 9.46 Å². The molecular formula is C22H24N4O3S. The number of ether oxygens (including phenoxy) is 1. The Morgan fingerprint density at radius 2 is 1.93 bits per heavy atom. The number of aryl methyl sites for hydroxylation is 1. The highest BCUT2D eigenvalue weighted by Crippen LogP contribution is 2.31. The van der Waals surface area contributed by atoms with Crippen LogP contribution in [-0.2, 0) is 16.6 Å². The molecule has 4 rings (SSSR count). The van der Waals surface area contributed by atoms with Crippen LogP contribution >= 0.6 is 0 Å². The van der Waals surface area contributed by atoms with E-state index in [1.807, 2.05) is 61.7 Å². The number of benzene rings is 2. The van der Waals surface area contributed by atoms with Gasteiger partial charge in [0.05, 0.1) is 13.3 Å². The minimum atomic E-state index is -3.68. The van der Waals surface area contributed by atoms with Gasteiger partial charge in [-0.2, -0.15) is 5.10 Å². The zero-order valence-electron chi connectivity index (χ0n) is 16.9. The molecule has 0 bridgehead atoms. The Bertz CT molecular complexity index is 1240. The van der Waals surface area contributed by atoms with E-state index in [0.29, 0.717) is 6.54 Å². The van der Waals surface area contributed by atoms with Gasteiger partial charge in [-0.25, -0.2) is 13.1 Å². The molecule has 2 heterocycles. The first-order valence-corrected chi connectivity index (χ1v) is 11.2. The van der Waals surface area contributed by atoms with Crippen molar-refractivity contribution in [2.45, 2.75) is 24.3 Å². The summed E-state index contributed by atoms with van der Waals surface area (Å²) in [4.78, 5) is 3.45. The molecule has 8 heteroatoms. The van der Waals surface area contributed by atoms with Crippen molar-refractivity contribution < 1.29 is 13.2 Å². The maximum atomic E-state index is 12.8. The van der Waals surface area contributed by atoms with Gasteiger partial charge >= 0.3 is 0 Å². The van der Waals surface area contributed by atoms with Crippen molar-refractivity contribution in [1.82, 2.24) is 19.5 Å². The molecular weight excluding hydrogens is 400 g/mol. The molecule has 4 aromatic rings. The molecule has 0 aliphatic heterocycles. The van der Waals surface area contributed by atoms with E-state index in [1.54, 1.807) is 11.8 Å². The number of hydrogen-bond acceptors (Lipinski definition) is 4. The van der Waals surface area contributed by atoms with Gasteiger partial charge in [-0.1, -0.05) is 30.3 Å². The third kappa shape index (κ3) is 3.96.